The fourth-order valence-corrected chi connectivity index (χ4v) is 1.82. The number of para-hydroxylation sites is 1. The lowest BCUT2D eigenvalue weighted by molar-refractivity contribution is 0.0948. The number of methoxy groups -OCH3 is 1. The van der Waals surface area contributed by atoms with Crippen LogP contribution >= 0.6 is 0 Å². The standard InChI is InChI=1S/C15H14FNO3/c1-20-14-5-3-2-4-10(14)9-17-15(19)12-7-6-11(16)8-13(12)18/h2-8,18H,9H2,1H3,(H,17,19). The number of halogens is 1. The van der Waals surface area contributed by atoms with Crippen molar-refractivity contribution < 1.29 is 19.0 Å². The van der Waals surface area contributed by atoms with E-state index in [0.717, 1.165) is 17.7 Å². The van der Waals surface area contributed by atoms with Gasteiger partial charge in [-0.3, -0.25) is 4.79 Å². The molecule has 0 unspecified atom stereocenters. The maximum Gasteiger partial charge on any atom is 0.255 e. The summed E-state index contributed by atoms with van der Waals surface area (Å²) in [6, 6.07) is 10.5. The molecule has 0 spiro atoms. The van der Waals surface area contributed by atoms with Crippen molar-refractivity contribution in [2.24, 2.45) is 0 Å². The molecular weight excluding hydrogens is 261 g/mol. The summed E-state index contributed by atoms with van der Waals surface area (Å²) < 4.78 is 18.0. The number of carbonyl (C=O) groups excluding carboxylic acids is 1. The summed E-state index contributed by atoms with van der Waals surface area (Å²) >= 11 is 0. The molecule has 2 N–H and O–H groups in total. The quantitative estimate of drug-likeness (QED) is 0.901. The van der Waals surface area contributed by atoms with Crippen LogP contribution in [0.5, 0.6) is 11.5 Å². The lowest BCUT2D eigenvalue weighted by atomic mass is 10.1. The van der Waals surface area contributed by atoms with Crippen molar-refractivity contribution in [1.29, 1.82) is 0 Å². The first-order valence-electron chi connectivity index (χ1n) is 6.00. The molecule has 0 aliphatic carbocycles. The average molecular weight is 275 g/mol. The first-order valence-corrected chi connectivity index (χ1v) is 6.00. The molecule has 5 heteroatoms. The minimum absolute atomic E-state index is 0.0290. The van der Waals surface area contributed by atoms with Crippen LogP contribution in [0.4, 0.5) is 4.39 Å². The van der Waals surface area contributed by atoms with Crippen LogP contribution in [0.1, 0.15) is 15.9 Å². The van der Waals surface area contributed by atoms with Gasteiger partial charge in [0.15, 0.2) is 0 Å². The zero-order chi connectivity index (χ0) is 14.5. The van der Waals surface area contributed by atoms with Crippen molar-refractivity contribution in [3.8, 4) is 11.5 Å². The summed E-state index contributed by atoms with van der Waals surface area (Å²) in [6.45, 7) is 0.250. The number of phenolic OH excluding ortho intramolecular Hbond substituents is 1. The lowest BCUT2D eigenvalue weighted by Crippen LogP contribution is -2.23. The van der Waals surface area contributed by atoms with Crippen molar-refractivity contribution >= 4 is 5.91 Å². The Hall–Kier alpha value is -2.56. The molecule has 0 saturated heterocycles. The topological polar surface area (TPSA) is 58.6 Å². The minimum Gasteiger partial charge on any atom is -0.507 e. The number of hydrogen-bond donors (Lipinski definition) is 2. The predicted octanol–water partition coefficient (Wildman–Crippen LogP) is 2.47. The van der Waals surface area contributed by atoms with Crippen molar-refractivity contribution in [1.82, 2.24) is 5.32 Å². The van der Waals surface area contributed by atoms with E-state index in [1.807, 2.05) is 18.2 Å². The first-order chi connectivity index (χ1) is 9.61. The van der Waals surface area contributed by atoms with E-state index < -0.39 is 11.7 Å². The highest BCUT2D eigenvalue weighted by atomic mass is 19.1. The van der Waals surface area contributed by atoms with E-state index in [0.29, 0.717) is 5.75 Å². The lowest BCUT2D eigenvalue weighted by Gasteiger charge is -2.10. The summed E-state index contributed by atoms with van der Waals surface area (Å²) in [5.41, 5.74) is 0.839. The van der Waals surface area contributed by atoms with Gasteiger partial charge in [0.1, 0.15) is 17.3 Å². The maximum atomic E-state index is 12.9. The number of rotatable bonds is 4. The summed E-state index contributed by atoms with van der Waals surface area (Å²) in [5.74, 6) is -0.796. The third kappa shape index (κ3) is 3.06. The number of ether oxygens (including phenoxy) is 1. The molecule has 2 aromatic carbocycles. The van der Waals surface area contributed by atoms with Gasteiger partial charge in [-0.05, 0) is 18.2 Å². The number of nitrogens with one attached hydrogen (secondary N) is 1. The van der Waals surface area contributed by atoms with Gasteiger partial charge in [0.25, 0.3) is 5.91 Å². The van der Waals surface area contributed by atoms with E-state index in [1.165, 1.54) is 6.07 Å². The normalized spacial score (nSPS) is 10.1. The second kappa shape index (κ2) is 6.06. The van der Waals surface area contributed by atoms with E-state index in [2.05, 4.69) is 5.32 Å². The molecule has 0 saturated carbocycles. The SMILES string of the molecule is COc1ccccc1CNC(=O)c1ccc(F)cc1O. The van der Waals surface area contributed by atoms with Gasteiger partial charge in [-0.1, -0.05) is 18.2 Å². The highest BCUT2D eigenvalue weighted by Crippen LogP contribution is 2.19. The van der Waals surface area contributed by atoms with Crippen molar-refractivity contribution in [2.45, 2.75) is 6.54 Å². The molecule has 0 heterocycles. The summed E-state index contributed by atoms with van der Waals surface area (Å²) in [5, 5.41) is 12.2. The van der Waals surface area contributed by atoms with Crippen LogP contribution in [-0.2, 0) is 6.54 Å². The second-order valence-electron chi connectivity index (χ2n) is 4.16. The van der Waals surface area contributed by atoms with Gasteiger partial charge in [-0.15, -0.1) is 0 Å². The number of phenols is 1. The Kier molecular flexibility index (Phi) is 4.20. The average Bonchev–Trinajstić information content (AvgIpc) is 2.45. The molecule has 0 fully saturated rings. The van der Waals surface area contributed by atoms with Crippen molar-refractivity contribution in [2.75, 3.05) is 7.11 Å². The minimum atomic E-state index is -0.594. The van der Waals surface area contributed by atoms with E-state index in [4.69, 9.17) is 4.74 Å². The van der Waals surface area contributed by atoms with Gasteiger partial charge in [-0.2, -0.15) is 0 Å². The molecule has 0 radical (unpaired) electrons. The second-order valence-corrected chi connectivity index (χ2v) is 4.16. The highest BCUT2D eigenvalue weighted by Gasteiger charge is 2.12. The monoisotopic (exact) mass is 275 g/mol. The van der Waals surface area contributed by atoms with E-state index in [9.17, 15) is 14.3 Å². The fraction of sp³-hybridized carbons (Fsp3) is 0.133. The molecule has 1 amide bonds. The first kappa shape index (κ1) is 13.9. The van der Waals surface area contributed by atoms with Gasteiger partial charge in [0.2, 0.25) is 0 Å². The molecule has 0 bridgehead atoms. The third-order valence-electron chi connectivity index (χ3n) is 2.84. The van der Waals surface area contributed by atoms with E-state index in [-0.39, 0.29) is 17.9 Å². The molecule has 104 valence electrons. The molecule has 0 aromatic heterocycles. The fourth-order valence-electron chi connectivity index (χ4n) is 1.82. The number of carbonyl (C=O) groups is 1. The Morgan fingerprint density at radius 2 is 2.05 bits per heavy atom. The van der Waals surface area contributed by atoms with Crippen LogP contribution in [0.3, 0.4) is 0 Å². The van der Waals surface area contributed by atoms with Crippen LogP contribution < -0.4 is 10.1 Å². The van der Waals surface area contributed by atoms with Gasteiger partial charge >= 0.3 is 0 Å². The van der Waals surface area contributed by atoms with E-state index >= 15 is 0 Å². The molecule has 0 atom stereocenters. The van der Waals surface area contributed by atoms with Crippen LogP contribution in [0, 0.1) is 5.82 Å². The van der Waals surface area contributed by atoms with Gasteiger partial charge in [0, 0.05) is 18.2 Å². The summed E-state index contributed by atoms with van der Waals surface area (Å²) in [6.07, 6.45) is 0. The largest absolute Gasteiger partial charge is 0.507 e. The number of benzene rings is 2. The van der Waals surface area contributed by atoms with Crippen LogP contribution in [0.2, 0.25) is 0 Å². The zero-order valence-corrected chi connectivity index (χ0v) is 10.9. The van der Waals surface area contributed by atoms with E-state index in [1.54, 1.807) is 13.2 Å². The summed E-state index contributed by atoms with van der Waals surface area (Å²) in [7, 11) is 1.55. The number of aromatic hydroxyl groups is 1. The molecule has 20 heavy (non-hydrogen) atoms. The Morgan fingerprint density at radius 3 is 2.75 bits per heavy atom. The van der Waals surface area contributed by atoms with Crippen LogP contribution in [0.15, 0.2) is 42.5 Å². The molecule has 2 rings (SSSR count). The van der Waals surface area contributed by atoms with Crippen molar-refractivity contribution in [3.05, 3.63) is 59.4 Å². The molecule has 4 nitrogen and oxygen atoms in total. The van der Waals surface area contributed by atoms with Crippen LogP contribution in [-0.4, -0.2) is 18.1 Å². The van der Waals surface area contributed by atoms with Gasteiger partial charge < -0.3 is 15.2 Å². The highest BCUT2D eigenvalue weighted by molar-refractivity contribution is 5.96. The predicted molar refractivity (Wildman–Crippen MR) is 72.2 cm³/mol. The Labute approximate surface area is 115 Å². The number of amides is 1. The van der Waals surface area contributed by atoms with Crippen LogP contribution in [0.25, 0.3) is 0 Å². The Bertz CT molecular complexity index is 628. The maximum absolute atomic E-state index is 12.9. The van der Waals surface area contributed by atoms with Crippen molar-refractivity contribution in [3.63, 3.8) is 0 Å². The molecule has 0 aliphatic rings. The molecular formula is C15H14FNO3. The smallest absolute Gasteiger partial charge is 0.255 e. The Morgan fingerprint density at radius 1 is 1.30 bits per heavy atom. The summed E-state index contributed by atoms with van der Waals surface area (Å²) in [4.78, 5) is 11.9. The van der Waals surface area contributed by atoms with Gasteiger partial charge in [0.05, 0.1) is 12.7 Å². The third-order valence-corrected chi connectivity index (χ3v) is 2.84. The number of hydrogen-bond acceptors (Lipinski definition) is 3. The molecule has 2 aromatic rings. The molecule has 0 aliphatic heterocycles. The zero-order valence-electron chi connectivity index (χ0n) is 10.9. The Balaban J connectivity index is 2.09. The van der Waals surface area contributed by atoms with Gasteiger partial charge in [-0.25, -0.2) is 4.39 Å².